The molecule has 0 spiro atoms. The van der Waals surface area contributed by atoms with Crippen molar-refractivity contribution >= 4 is 29.7 Å². The summed E-state index contributed by atoms with van der Waals surface area (Å²) in [6.07, 6.45) is 4.73. The standard InChI is InChI=1S/C14H26BIO2/c1-7-9-10-11(8-2)12(16)15-17-13(3,4)14(5,6)18-15/h7-10H2,1-6H3/b12-11-. The Morgan fingerprint density at radius 2 is 1.56 bits per heavy atom. The van der Waals surface area contributed by atoms with Crippen LogP contribution in [0.2, 0.25) is 0 Å². The molecule has 0 aromatic heterocycles. The van der Waals surface area contributed by atoms with Crippen molar-refractivity contribution in [2.24, 2.45) is 0 Å². The molecule has 0 unspecified atom stereocenters. The molecule has 1 aliphatic heterocycles. The quantitative estimate of drug-likeness (QED) is 0.510. The summed E-state index contributed by atoms with van der Waals surface area (Å²) in [7, 11) is -0.178. The monoisotopic (exact) mass is 364 g/mol. The largest absolute Gasteiger partial charge is 0.501 e. The first-order chi connectivity index (χ1) is 8.25. The van der Waals surface area contributed by atoms with Crippen molar-refractivity contribution in [2.75, 3.05) is 0 Å². The van der Waals surface area contributed by atoms with E-state index in [4.69, 9.17) is 9.31 Å². The fourth-order valence-electron chi connectivity index (χ4n) is 1.97. The summed E-state index contributed by atoms with van der Waals surface area (Å²) in [6, 6.07) is 0. The highest BCUT2D eigenvalue weighted by Crippen LogP contribution is 2.41. The van der Waals surface area contributed by atoms with Gasteiger partial charge in [-0.3, -0.25) is 0 Å². The van der Waals surface area contributed by atoms with E-state index in [2.05, 4.69) is 64.1 Å². The predicted molar refractivity (Wildman–Crippen MR) is 86.9 cm³/mol. The Balaban J connectivity index is 2.85. The van der Waals surface area contributed by atoms with Crippen molar-refractivity contribution in [3.05, 3.63) is 9.05 Å². The molecule has 18 heavy (non-hydrogen) atoms. The molecule has 0 aromatic carbocycles. The third kappa shape index (κ3) is 3.51. The molecule has 1 heterocycles. The summed E-state index contributed by atoms with van der Waals surface area (Å²) >= 11 is 2.41. The summed E-state index contributed by atoms with van der Waals surface area (Å²) in [5.74, 6) is 0. The van der Waals surface area contributed by atoms with Gasteiger partial charge in [0.25, 0.3) is 0 Å². The molecule has 4 heteroatoms. The summed E-state index contributed by atoms with van der Waals surface area (Å²) in [5, 5.41) is 0. The maximum absolute atomic E-state index is 6.10. The Morgan fingerprint density at radius 3 is 1.94 bits per heavy atom. The Morgan fingerprint density at radius 1 is 1.06 bits per heavy atom. The van der Waals surface area contributed by atoms with Crippen LogP contribution in [0, 0.1) is 0 Å². The molecule has 1 rings (SSSR count). The fraction of sp³-hybridized carbons (Fsp3) is 0.857. The van der Waals surface area contributed by atoms with Gasteiger partial charge in [0.15, 0.2) is 0 Å². The molecule has 0 N–H and O–H groups in total. The van der Waals surface area contributed by atoms with Crippen LogP contribution >= 0.6 is 22.6 Å². The van der Waals surface area contributed by atoms with Crippen molar-refractivity contribution in [3.63, 3.8) is 0 Å². The maximum Gasteiger partial charge on any atom is 0.501 e. The number of halogens is 1. The second-order valence-electron chi connectivity index (χ2n) is 6.00. The van der Waals surface area contributed by atoms with Crippen LogP contribution in [-0.2, 0) is 9.31 Å². The molecule has 1 saturated heterocycles. The second-order valence-corrected chi connectivity index (χ2v) is 7.16. The van der Waals surface area contributed by atoms with Crippen molar-refractivity contribution in [1.29, 1.82) is 0 Å². The van der Waals surface area contributed by atoms with Gasteiger partial charge in [0.05, 0.1) is 11.2 Å². The number of unbranched alkanes of at least 4 members (excludes halogenated alkanes) is 1. The molecule has 1 fully saturated rings. The van der Waals surface area contributed by atoms with Crippen LogP contribution < -0.4 is 0 Å². The summed E-state index contributed by atoms with van der Waals surface area (Å²) in [5.41, 5.74) is 1.01. The molecule has 0 bridgehead atoms. The van der Waals surface area contributed by atoms with Crippen LogP contribution in [0.4, 0.5) is 0 Å². The molecule has 0 saturated carbocycles. The Hall–Kier alpha value is 0.455. The molecule has 2 nitrogen and oxygen atoms in total. The fourth-order valence-corrected chi connectivity index (χ4v) is 2.87. The minimum absolute atomic E-state index is 0.178. The van der Waals surface area contributed by atoms with Crippen molar-refractivity contribution in [3.8, 4) is 0 Å². The van der Waals surface area contributed by atoms with Gasteiger partial charge in [-0.05, 0) is 47.0 Å². The van der Waals surface area contributed by atoms with Gasteiger partial charge in [0.1, 0.15) is 0 Å². The molecule has 1 aliphatic rings. The average Bonchev–Trinajstić information content (AvgIpc) is 2.49. The molecular formula is C14H26BIO2. The van der Waals surface area contributed by atoms with Crippen LogP contribution in [0.1, 0.15) is 67.2 Å². The van der Waals surface area contributed by atoms with E-state index in [1.807, 2.05) is 0 Å². The molecule has 0 atom stereocenters. The summed E-state index contributed by atoms with van der Waals surface area (Å²) in [4.78, 5) is 0. The first-order valence-electron chi connectivity index (χ1n) is 6.98. The van der Waals surface area contributed by atoms with E-state index in [1.165, 1.54) is 21.9 Å². The molecule has 0 amide bonds. The van der Waals surface area contributed by atoms with Gasteiger partial charge < -0.3 is 9.31 Å². The van der Waals surface area contributed by atoms with Crippen LogP contribution in [0.5, 0.6) is 0 Å². The van der Waals surface area contributed by atoms with Crippen molar-refractivity contribution in [1.82, 2.24) is 0 Å². The van der Waals surface area contributed by atoms with Gasteiger partial charge in [0.2, 0.25) is 0 Å². The van der Waals surface area contributed by atoms with Crippen molar-refractivity contribution < 1.29 is 9.31 Å². The molecular weight excluding hydrogens is 338 g/mol. The zero-order valence-electron chi connectivity index (χ0n) is 12.6. The lowest BCUT2D eigenvalue weighted by molar-refractivity contribution is 0.00578. The van der Waals surface area contributed by atoms with Gasteiger partial charge in [-0.1, -0.05) is 48.4 Å². The van der Waals surface area contributed by atoms with Gasteiger partial charge in [-0.2, -0.15) is 0 Å². The minimum Gasteiger partial charge on any atom is -0.399 e. The van der Waals surface area contributed by atoms with Gasteiger partial charge >= 0.3 is 7.12 Å². The summed E-state index contributed by atoms with van der Waals surface area (Å²) in [6.45, 7) is 12.9. The molecule has 104 valence electrons. The minimum atomic E-state index is -0.238. The zero-order chi connectivity index (χ0) is 14.0. The Labute approximate surface area is 126 Å². The van der Waals surface area contributed by atoms with E-state index in [-0.39, 0.29) is 18.3 Å². The van der Waals surface area contributed by atoms with Crippen LogP contribution in [0.3, 0.4) is 0 Å². The zero-order valence-corrected chi connectivity index (χ0v) is 14.8. The first-order valence-corrected chi connectivity index (χ1v) is 8.06. The van der Waals surface area contributed by atoms with E-state index in [1.54, 1.807) is 0 Å². The predicted octanol–water partition coefficient (Wildman–Crippen LogP) is 4.91. The third-order valence-corrected chi connectivity index (χ3v) is 5.33. The SMILES string of the molecule is CCCC/C(CC)=C(\I)B1OC(C)(C)C(C)(C)O1. The topological polar surface area (TPSA) is 18.5 Å². The van der Waals surface area contributed by atoms with E-state index in [0.717, 1.165) is 12.8 Å². The number of rotatable bonds is 5. The van der Waals surface area contributed by atoms with E-state index in [9.17, 15) is 0 Å². The highest BCUT2D eigenvalue weighted by molar-refractivity contribution is 14.1. The molecule has 0 radical (unpaired) electrons. The highest BCUT2D eigenvalue weighted by Gasteiger charge is 2.52. The highest BCUT2D eigenvalue weighted by atomic mass is 127. The van der Waals surface area contributed by atoms with Crippen LogP contribution in [-0.4, -0.2) is 18.3 Å². The second kappa shape index (κ2) is 6.27. The summed E-state index contributed by atoms with van der Waals surface area (Å²) < 4.78 is 13.5. The van der Waals surface area contributed by atoms with Crippen LogP contribution in [0.15, 0.2) is 9.05 Å². The maximum atomic E-state index is 6.10. The van der Waals surface area contributed by atoms with Gasteiger partial charge in [-0.15, -0.1) is 0 Å². The van der Waals surface area contributed by atoms with E-state index in [0.29, 0.717) is 0 Å². The smallest absolute Gasteiger partial charge is 0.399 e. The lowest BCUT2D eigenvalue weighted by Crippen LogP contribution is -2.41. The number of hydrogen-bond acceptors (Lipinski definition) is 2. The average molecular weight is 364 g/mol. The Bertz CT molecular complexity index is 308. The Kier molecular flexibility index (Phi) is 5.75. The lowest BCUT2D eigenvalue weighted by Gasteiger charge is -2.32. The lowest BCUT2D eigenvalue weighted by atomic mass is 9.85. The van der Waals surface area contributed by atoms with Crippen molar-refractivity contribution in [2.45, 2.75) is 78.4 Å². The number of hydrogen-bond donors (Lipinski definition) is 0. The third-order valence-electron chi connectivity index (χ3n) is 4.06. The van der Waals surface area contributed by atoms with Crippen LogP contribution in [0.25, 0.3) is 0 Å². The van der Waals surface area contributed by atoms with E-state index >= 15 is 0 Å². The number of allylic oxidation sites excluding steroid dienone is 1. The van der Waals surface area contributed by atoms with Gasteiger partial charge in [0, 0.05) is 3.48 Å². The normalized spacial score (nSPS) is 23.2. The first kappa shape index (κ1) is 16.5. The van der Waals surface area contributed by atoms with Gasteiger partial charge in [-0.25, -0.2) is 0 Å². The molecule has 0 aliphatic carbocycles. The van der Waals surface area contributed by atoms with E-state index < -0.39 is 0 Å². The molecule has 0 aromatic rings.